The summed E-state index contributed by atoms with van der Waals surface area (Å²) in [4.78, 5) is 24.6. The maximum absolute atomic E-state index is 13.2. The van der Waals surface area contributed by atoms with Gasteiger partial charge in [-0.2, -0.15) is 4.31 Å². The Morgan fingerprint density at radius 3 is 2.12 bits per heavy atom. The summed E-state index contributed by atoms with van der Waals surface area (Å²) in [6, 6.07) is 22.7. The van der Waals surface area contributed by atoms with Gasteiger partial charge < -0.3 is 15.4 Å². The van der Waals surface area contributed by atoms with Gasteiger partial charge in [-0.15, -0.1) is 0 Å². The molecule has 2 N–H and O–H groups in total. The Kier molecular flexibility index (Phi) is 8.39. The van der Waals surface area contributed by atoms with Crippen LogP contribution in [0.2, 0.25) is 0 Å². The molecule has 0 bridgehead atoms. The maximum atomic E-state index is 13.2. The van der Waals surface area contributed by atoms with Crippen LogP contribution in [0.15, 0.2) is 83.8 Å². The number of amides is 2. The third-order valence-electron chi connectivity index (χ3n) is 5.10. The minimum Gasteiger partial charge on any atom is -0.495 e. The van der Waals surface area contributed by atoms with Gasteiger partial charge in [0.1, 0.15) is 10.6 Å². The highest BCUT2D eigenvalue weighted by Gasteiger charge is 2.26. The second kappa shape index (κ2) is 11.4. The van der Waals surface area contributed by atoms with Gasteiger partial charge in [-0.05, 0) is 29.3 Å². The number of hydrogen-bond acceptors (Lipinski definition) is 5. The molecule has 0 spiro atoms. The molecule has 0 aromatic heterocycles. The Hall–Kier alpha value is -3.69. The first kappa shape index (κ1) is 24.9. The fourth-order valence-corrected chi connectivity index (χ4v) is 4.57. The molecule has 8 nitrogen and oxygen atoms in total. The van der Waals surface area contributed by atoms with Crippen LogP contribution in [0.3, 0.4) is 0 Å². The first-order valence-corrected chi connectivity index (χ1v) is 12.0. The zero-order valence-corrected chi connectivity index (χ0v) is 19.8. The van der Waals surface area contributed by atoms with Gasteiger partial charge in [0.15, 0.2) is 0 Å². The van der Waals surface area contributed by atoms with Crippen molar-refractivity contribution in [1.82, 2.24) is 14.9 Å². The summed E-state index contributed by atoms with van der Waals surface area (Å²) in [7, 11) is -1.13. The van der Waals surface area contributed by atoms with Crippen LogP contribution in [-0.4, -0.2) is 45.2 Å². The number of rotatable bonds is 10. The zero-order valence-electron chi connectivity index (χ0n) is 19.0. The average molecular weight is 482 g/mol. The number of methoxy groups -OCH3 is 1. The number of nitrogens with zero attached hydrogens (tertiary/aromatic N) is 1. The smallest absolute Gasteiger partial charge is 0.251 e. The van der Waals surface area contributed by atoms with Crippen LogP contribution in [0.25, 0.3) is 0 Å². The normalized spacial score (nSPS) is 11.1. The highest BCUT2D eigenvalue weighted by Crippen LogP contribution is 2.28. The molecule has 0 radical (unpaired) electrons. The van der Waals surface area contributed by atoms with E-state index in [0.29, 0.717) is 6.54 Å². The second-order valence-corrected chi connectivity index (χ2v) is 9.57. The minimum absolute atomic E-state index is 0.100. The monoisotopic (exact) mass is 481 g/mol. The molecular formula is C25H27N3O5S. The fraction of sp³-hybridized carbons (Fsp3) is 0.200. The fourth-order valence-electron chi connectivity index (χ4n) is 3.23. The van der Waals surface area contributed by atoms with E-state index in [0.717, 1.165) is 11.1 Å². The van der Waals surface area contributed by atoms with Crippen LogP contribution >= 0.6 is 0 Å². The summed E-state index contributed by atoms with van der Waals surface area (Å²) in [6.07, 6.45) is 0. The molecule has 3 aromatic carbocycles. The van der Waals surface area contributed by atoms with E-state index < -0.39 is 15.9 Å². The molecule has 0 heterocycles. The number of sulfonamides is 1. The van der Waals surface area contributed by atoms with Crippen molar-refractivity contribution in [3.63, 3.8) is 0 Å². The SMILES string of the molecule is COc1ccc(C(=O)NCC(=O)NCc2ccccc2)cc1S(=O)(=O)N(C)Cc1ccccc1. The van der Waals surface area contributed by atoms with E-state index in [2.05, 4.69) is 10.6 Å². The van der Waals surface area contributed by atoms with Crippen molar-refractivity contribution in [3.05, 3.63) is 95.6 Å². The van der Waals surface area contributed by atoms with E-state index in [9.17, 15) is 18.0 Å². The molecule has 2 amide bonds. The van der Waals surface area contributed by atoms with E-state index in [-0.39, 0.29) is 35.2 Å². The summed E-state index contributed by atoms with van der Waals surface area (Å²) in [6.45, 7) is 0.256. The van der Waals surface area contributed by atoms with Crippen molar-refractivity contribution in [2.75, 3.05) is 20.7 Å². The van der Waals surface area contributed by atoms with Crippen LogP contribution < -0.4 is 15.4 Å². The number of carbonyl (C=O) groups excluding carboxylic acids is 2. The van der Waals surface area contributed by atoms with Crippen molar-refractivity contribution in [3.8, 4) is 5.75 Å². The summed E-state index contributed by atoms with van der Waals surface area (Å²) in [5.41, 5.74) is 1.86. The summed E-state index contributed by atoms with van der Waals surface area (Å²) < 4.78 is 32.9. The summed E-state index contributed by atoms with van der Waals surface area (Å²) in [5, 5.41) is 5.24. The van der Waals surface area contributed by atoms with Gasteiger partial charge >= 0.3 is 0 Å². The first-order valence-electron chi connectivity index (χ1n) is 10.6. The molecule has 3 aromatic rings. The van der Waals surface area contributed by atoms with Crippen molar-refractivity contribution in [2.45, 2.75) is 18.0 Å². The van der Waals surface area contributed by atoms with E-state index >= 15 is 0 Å². The molecule has 0 aliphatic carbocycles. The standard InChI is InChI=1S/C25H27N3O5S/c1-28(18-20-11-7-4-8-12-20)34(31,32)23-15-21(13-14-22(23)33-2)25(30)27-17-24(29)26-16-19-9-5-3-6-10-19/h3-15H,16-18H2,1-2H3,(H,26,29)(H,27,30). The third-order valence-corrected chi connectivity index (χ3v) is 6.93. The van der Waals surface area contributed by atoms with E-state index in [4.69, 9.17) is 4.74 Å². The van der Waals surface area contributed by atoms with Crippen LogP contribution in [0, 0.1) is 0 Å². The second-order valence-electron chi connectivity index (χ2n) is 7.56. The van der Waals surface area contributed by atoms with Crippen LogP contribution in [0.5, 0.6) is 5.75 Å². The van der Waals surface area contributed by atoms with Gasteiger partial charge in [-0.1, -0.05) is 60.7 Å². The van der Waals surface area contributed by atoms with Crippen molar-refractivity contribution in [1.29, 1.82) is 0 Å². The number of nitrogens with one attached hydrogen (secondary N) is 2. The Balaban J connectivity index is 1.68. The lowest BCUT2D eigenvalue weighted by Crippen LogP contribution is -2.36. The molecular weight excluding hydrogens is 454 g/mol. The number of ether oxygens (including phenoxy) is 1. The van der Waals surface area contributed by atoms with Gasteiger partial charge in [0.2, 0.25) is 15.9 Å². The average Bonchev–Trinajstić information content (AvgIpc) is 2.86. The van der Waals surface area contributed by atoms with E-state index in [1.54, 1.807) is 0 Å². The minimum atomic E-state index is -3.96. The Bertz CT molecular complexity index is 1230. The van der Waals surface area contributed by atoms with Gasteiger partial charge in [0.05, 0.1) is 13.7 Å². The predicted octanol–water partition coefficient (Wildman–Crippen LogP) is 2.56. The van der Waals surface area contributed by atoms with Gasteiger partial charge in [0, 0.05) is 25.7 Å². The predicted molar refractivity (Wildman–Crippen MR) is 129 cm³/mol. The van der Waals surface area contributed by atoms with E-state index in [1.165, 1.54) is 36.7 Å². The molecule has 9 heteroatoms. The third kappa shape index (κ3) is 6.43. The lowest BCUT2D eigenvalue weighted by molar-refractivity contribution is -0.120. The molecule has 0 fully saturated rings. The lowest BCUT2D eigenvalue weighted by atomic mass is 10.2. The van der Waals surface area contributed by atoms with Crippen LogP contribution in [0.1, 0.15) is 21.5 Å². The molecule has 3 rings (SSSR count). The topological polar surface area (TPSA) is 105 Å². The summed E-state index contributed by atoms with van der Waals surface area (Å²) >= 11 is 0. The molecule has 178 valence electrons. The first-order chi connectivity index (χ1) is 16.3. The lowest BCUT2D eigenvalue weighted by Gasteiger charge is -2.19. The Morgan fingerprint density at radius 1 is 0.882 bits per heavy atom. The highest BCUT2D eigenvalue weighted by atomic mass is 32.2. The number of carbonyl (C=O) groups is 2. The quantitative estimate of drug-likeness (QED) is 0.463. The number of hydrogen-bond donors (Lipinski definition) is 2. The molecule has 0 saturated carbocycles. The summed E-state index contributed by atoms with van der Waals surface area (Å²) in [5.74, 6) is -0.808. The Morgan fingerprint density at radius 2 is 1.50 bits per heavy atom. The van der Waals surface area contributed by atoms with Crippen LogP contribution in [-0.2, 0) is 27.9 Å². The van der Waals surface area contributed by atoms with E-state index in [1.807, 2.05) is 60.7 Å². The van der Waals surface area contributed by atoms with Crippen molar-refractivity contribution in [2.24, 2.45) is 0 Å². The van der Waals surface area contributed by atoms with Gasteiger partial charge in [-0.25, -0.2) is 8.42 Å². The molecule has 0 atom stereocenters. The molecule has 0 saturated heterocycles. The molecule has 0 aliphatic rings. The van der Waals surface area contributed by atoms with Crippen LogP contribution in [0.4, 0.5) is 0 Å². The van der Waals surface area contributed by atoms with Crippen molar-refractivity contribution < 1.29 is 22.7 Å². The maximum Gasteiger partial charge on any atom is 0.251 e. The zero-order chi connectivity index (χ0) is 24.6. The molecule has 34 heavy (non-hydrogen) atoms. The largest absolute Gasteiger partial charge is 0.495 e. The van der Waals surface area contributed by atoms with Gasteiger partial charge in [0.25, 0.3) is 5.91 Å². The highest BCUT2D eigenvalue weighted by molar-refractivity contribution is 7.89. The molecule has 0 aliphatic heterocycles. The number of benzene rings is 3. The molecule has 0 unspecified atom stereocenters. The van der Waals surface area contributed by atoms with Crippen molar-refractivity contribution >= 4 is 21.8 Å². The Labute approximate surface area is 199 Å². The van der Waals surface area contributed by atoms with Gasteiger partial charge in [-0.3, -0.25) is 9.59 Å².